The third-order valence-electron chi connectivity index (χ3n) is 5.49. The van der Waals surface area contributed by atoms with Crippen molar-refractivity contribution in [3.05, 3.63) is 77.0 Å². The SMILES string of the molecule is Cc1ccc(C2=C(N3CCN(C)CC3)C(=O)N(Cc3ccccc3)C2=O)cc1. The quantitative estimate of drug-likeness (QED) is 0.771. The van der Waals surface area contributed by atoms with Gasteiger partial charge in [-0.05, 0) is 25.1 Å². The molecule has 2 aromatic rings. The third kappa shape index (κ3) is 3.45. The monoisotopic (exact) mass is 375 g/mol. The van der Waals surface area contributed by atoms with E-state index in [1.54, 1.807) is 0 Å². The van der Waals surface area contributed by atoms with Crippen molar-refractivity contribution in [1.82, 2.24) is 14.7 Å². The van der Waals surface area contributed by atoms with E-state index in [0.29, 0.717) is 17.8 Å². The van der Waals surface area contributed by atoms with Crippen LogP contribution in [0.3, 0.4) is 0 Å². The van der Waals surface area contributed by atoms with Crippen LogP contribution in [0.5, 0.6) is 0 Å². The Labute approximate surface area is 165 Å². The predicted molar refractivity (Wildman–Crippen MR) is 109 cm³/mol. The second-order valence-electron chi connectivity index (χ2n) is 7.56. The number of amides is 2. The largest absolute Gasteiger partial charge is 0.364 e. The van der Waals surface area contributed by atoms with E-state index in [2.05, 4.69) is 16.8 Å². The van der Waals surface area contributed by atoms with Crippen molar-refractivity contribution < 1.29 is 9.59 Å². The van der Waals surface area contributed by atoms with E-state index in [1.165, 1.54) is 4.90 Å². The number of imide groups is 1. The van der Waals surface area contributed by atoms with E-state index in [1.807, 2.05) is 61.5 Å². The van der Waals surface area contributed by atoms with Crippen molar-refractivity contribution in [3.63, 3.8) is 0 Å². The van der Waals surface area contributed by atoms with Crippen LogP contribution in [0.25, 0.3) is 5.57 Å². The van der Waals surface area contributed by atoms with Crippen LogP contribution in [-0.2, 0) is 16.1 Å². The minimum absolute atomic E-state index is 0.186. The van der Waals surface area contributed by atoms with Gasteiger partial charge in [0.2, 0.25) is 0 Å². The van der Waals surface area contributed by atoms with Crippen LogP contribution in [-0.4, -0.2) is 59.7 Å². The molecule has 0 aliphatic carbocycles. The number of carbonyl (C=O) groups is 2. The van der Waals surface area contributed by atoms with Gasteiger partial charge in [0.1, 0.15) is 5.70 Å². The molecular weight excluding hydrogens is 350 g/mol. The summed E-state index contributed by atoms with van der Waals surface area (Å²) < 4.78 is 0. The normalized spacial score (nSPS) is 18.4. The van der Waals surface area contributed by atoms with Crippen LogP contribution >= 0.6 is 0 Å². The third-order valence-corrected chi connectivity index (χ3v) is 5.49. The lowest BCUT2D eigenvalue weighted by Crippen LogP contribution is -2.46. The van der Waals surface area contributed by atoms with E-state index in [4.69, 9.17) is 0 Å². The first-order valence-electron chi connectivity index (χ1n) is 9.69. The molecule has 144 valence electrons. The maximum absolute atomic E-state index is 13.3. The first kappa shape index (κ1) is 18.4. The van der Waals surface area contributed by atoms with E-state index >= 15 is 0 Å². The smallest absolute Gasteiger partial charge is 0.278 e. The highest BCUT2D eigenvalue weighted by Crippen LogP contribution is 2.33. The summed E-state index contributed by atoms with van der Waals surface area (Å²) in [7, 11) is 2.08. The zero-order valence-corrected chi connectivity index (χ0v) is 16.4. The van der Waals surface area contributed by atoms with Gasteiger partial charge in [-0.1, -0.05) is 60.2 Å². The van der Waals surface area contributed by atoms with Crippen molar-refractivity contribution >= 4 is 17.4 Å². The molecule has 5 heteroatoms. The van der Waals surface area contributed by atoms with Crippen molar-refractivity contribution in [2.45, 2.75) is 13.5 Å². The summed E-state index contributed by atoms with van der Waals surface area (Å²) >= 11 is 0. The minimum Gasteiger partial charge on any atom is -0.364 e. The molecule has 2 aliphatic heterocycles. The fourth-order valence-corrected chi connectivity index (χ4v) is 3.78. The molecule has 0 aromatic heterocycles. The minimum atomic E-state index is -0.202. The first-order chi connectivity index (χ1) is 13.5. The van der Waals surface area contributed by atoms with Crippen LogP contribution < -0.4 is 0 Å². The number of hydrogen-bond donors (Lipinski definition) is 0. The second-order valence-corrected chi connectivity index (χ2v) is 7.56. The Morgan fingerprint density at radius 1 is 0.821 bits per heavy atom. The molecule has 1 saturated heterocycles. The van der Waals surface area contributed by atoms with Gasteiger partial charge < -0.3 is 9.80 Å². The summed E-state index contributed by atoms with van der Waals surface area (Å²) in [5.41, 5.74) is 3.98. The summed E-state index contributed by atoms with van der Waals surface area (Å²) in [6.45, 7) is 5.57. The molecule has 1 fully saturated rings. The van der Waals surface area contributed by atoms with Gasteiger partial charge in [-0.3, -0.25) is 14.5 Å². The Balaban J connectivity index is 1.72. The Morgan fingerprint density at radius 3 is 2.11 bits per heavy atom. The van der Waals surface area contributed by atoms with Gasteiger partial charge >= 0.3 is 0 Å². The topological polar surface area (TPSA) is 43.9 Å². The highest BCUT2D eigenvalue weighted by Gasteiger charge is 2.41. The van der Waals surface area contributed by atoms with Crippen LogP contribution in [0.15, 0.2) is 60.3 Å². The van der Waals surface area contributed by atoms with Gasteiger partial charge in [0.05, 0.1) is 12.1 Å². The standard InChI is InChI=1S/C23H25N3O2/c1-17-8-10-19(11-9-17)20-21(25-14-12-24(2)13-15-25)23(28)26(22(20)27)16-18-6-4-3-5-7-18/h3-11H,12-16H2,1-2H3. The number of likely N-dealkylation sites (N-methyl/N-ethyl adjacent to an activating group) is 1. The summed E-state index contributed by atoms with van der Waals surface area (Å²) in [4.78, 5) is 32.4. The number of nitrogens with zero attached hydrogens (tertiary/aromatic N) is 3. The average molecular weight is 375 g/mol. The maximum Gasteiger partial charge on any atom is 0.278 e. The summed E-state index contributed by atoms with van der Waals surface area (Å²) in [5, 5.41) is 0. The molecule has 0 bridgehead atoms. The van der Waals surface area contributed by atoms with Crippen molar-refractivity contribution in [1.29, 1.82) is 0 Å². The number of rotatable bonds is 4. The number of aryl methyl sites for hydroxylation is 1. The van der Waals surface area contributed by atoms with Crippen LogP contribution in [0.2, 0.25) is 0 Å². The molecule has 2 heterocycles. The Hall–Kier alpha value is -2.92. The fourth-order valence-electron chi connectivity index (χ4n) is 3.78. The van der Waals surface area contributed by atoms with Crippen molar-refractivity contribution in [2.75, 3.05) is 33.2 Å². The zero-order chi connectivity index (χ0) is 19.7. The van der Waals surface area contributed by atoms with Gasteiger partial charge in [0.15, 0.2) is 0 Å². The average Bonchev–Trinajstić information content (AvgIpc) is 2.95. The predicted octanol–water partition coefficient (Wildman–Crippen LogP) is 2.52. The highest BCUT2D eigenvalue weighted by atomic mass is 16.2. The molecule has 2 aliphatic rings. The molecule has 0 atom stereocenters. The number of benzene rings is 2. The molecule has 0 saturated carbocycles. The second kappa shape index (κ2) is 7.60. The van der Waals surface area contributed by atoms with Crippen LogP contribution in [0.1, 0.15) is 16.7 Å². The van der Waals surface area contributed by atoms with Gasteiger partial charge in [-0.2, -0.15) is 0 Å². The molecular formula is C23H25N3O2. The van der Waals surface area contributed by atoms with E-state index in [-0.39, 0.29) is 11.8 Å². The molecule has 2 aromatic carbocycles. The maximum atomic E-state index is 13.3. The van der Waals surface area contributed by atoms with Crippen molar-refractivity contribution in [3.8, 4) is 0 Å². The Bertz CT molecular complexity index is 911. The zero-order valence-electron chi connectivity index (χ0n) is 16.4. The molecule has 2 amide bonds. The van der Waals surface area contributed by atoms with Gasteiger partial charge in [-0.15, -0.1) is 0 Å². The molecule has 0 spiro atoms. The highest BCUT2D eigenvalue weighted by molar-refractivity contribution is 6.35. The fraction of sp³-hybridized carbons (Fsp3) is 0.304. The molecule has 5 nitrogen and oxygen atoms in total. The summed E-state index contributed by atoms with van der Waals surface area (Å²) in [6, 6.07) is 17.5. The van der Waals surface area contributed by atoms with Gasteiger partial charge in [-0.25, -0.2) is 0 Å². The first-order valence-corrected chi connectivity index (χ1v) is 9.69. The number of carbonyl (C=O) groups excluding carboxylic acids is 2. The van der Waals surface area contributed by atoms with Crippen molar-refractivity contribution in [2.24, 2.45) is 0 Å². The Kier molecular flexibility index (Phi) is 5.01. The van der Waals surface area contributed by atoms with Crippen LogP contribution in [0, 0.1) is 6.92 Å². The van der Waals surface area contributed by atoms with Gasteiger partial charge in [0.25, 0.3) is 11.8 Å². The van der Waals surface area contributed by atoms with Gasteiger partial charge in [0, 0.05) is 26.2 Å². The molecule has 0 radical (unpaired) electrons. The lowest BCUT2D eigenvalue weighted by molar-refractivity contribution is -0.138. The van der Waals surface area contributed by atoms with E-state index in [9.17, 15) is 9.59 Å². The lowest BCUT2D eigenvalue weighted by Gasteiger charge is -2.34. The number of hydrogen-bond acceptors (Lipinski definition) is 4. The molecule has 0 N–H and O–H groups in total. The van der Waals surface area contributed by atoms with E-state index < -0.39 is 0 Å². The molecule has 28 heavy (non-hydrogen) atoms. The molecule has 0 unspecified atom stereocenters. The van der Waals surface area contributed by atoms with Crippen LogP contribution in [0.4, 0.5) is 0 Å². The Morgan fingerprint density at radius 2 is 1.46 bits per heavy atom. The summed E-state index contributed by atoms with van der Waals surface area (Å²) in [6.07, 6.45) is 0. The molecule has 4 rings (SSSR count). The lowest BCUT2D eigenvalue weighted by atomic mass is 10.0. The summed E-state index contributed by atoms with van der Waals surface area (Å²) in [5.74, 6) is -0.388. The number of piperazine rings is 1. The van der Waals surface area contributed by atoms with E-state index in [0.717, 1.165) is 42.9 Å².